The number of carbonyl (C=O) groups excluding carboxylic acids is 1. The topological polar surface area (TPSA) is 95.7 Å². The summed E-state index contributed by atoms with van der Waals surface area (Å²) in [7, 11) is 1.60. The minimum atomic E-state index is -0.516. The van der Waals surface area contributed by atoms with Crippen LogP contribution in [0.25, 0.3) is 0 Å². The van der Waals surface area contributed by atoms with Crippen molar-refractivity contribution < 1.29 is 14.8 Å². The fourth-order valence-electron chi connectivity index (χ4n) is 2.30. The molecule has 0 heterocycles. The predicted molar refractivity (Wildman–Crippen MR) is 96.1 cm³/mol. The Morgan fingerprint density at radius 3 is 2.56 bits per heavy atom. The number of benzene rings is 2. The monoisotopic (exact) mass is 343 g/mol. The molecule has 0 aliphatic rings. The number of carbonyl (C=O) groups is 1. The molecule has 2 aromatic rings. The molecular weight excluding hydrogens is 322 g/mol. The Kier molecular flexibility index (Phi) is 6.08. The zero-order valence-corrected chi connectivity index (χ0v) is 14.2. The van der Waals surface area contributed by atoms with Crippen LogP contribution in [-0.4, -0.2) is 40.5 Å². The number of aliphatic hydroxyl groups is 1. The highest BCUT2D eigenvalue weighted by Crippen LogP contribution is 2.29. The molecular formula is C18H21N3O4. The highest BCUT2D eigenvalue weighted by Gasteiger charge is 2.20. The van der Waals surface area contributed by atoms with E-state index in [-0.39, 0.29) is 17.2 Å². The molecule has 1 amide bonds. The zero-order valence-electron chi connectivity index (χ0n) is 14.2. The number of hydrogen-bond acceptors (Lipinski definition) is 5. The summed E-state index contributed by atoms with van der Waals surface area (Å²) < 4.78 is 0. The second-order valence-electron chi connectivity index (χ2n) is 5.84. The van der Waals surface area contributed by atoms with Gasteiger partial charge in [-0.2, -0.15) is 0 Å². The maximum atomic E-state index is 12.4. The van der Waals surface area contributed by atoms with E-state index < -0.39 is 11.0 Å². The third kappa shape index (κ3) is 5.02. The van der Waals surface area contributed by atoms with Crippen molar-refractivity contribution >= 4 is 23.0 Å². The van der Waals surface area contributed by atoms with Gasteiger partial charge in [0, 0.05) is 30.9 Å². The van der Waals surface area contributed by atoms with Crippen LogP contribution in [0.1, 0.15) is 23.7 Å². The van der Waals surface area contributed by atoms with E-state index in [9.17, 15) is 20.0 Å². The van der Waals surface area contributed by atoms with Crippen molar-refractivity contribution in [3.05, 3.63) is 64.2 Å². The molecule has 0 radical (unpaired) electrons. The van der Waals surface area contributed by atoms with Gasteiger partial charge in [0.25, 0.3) is 11.6 Å². The average molecular weight is 343 g/mol. The van der Waals surface area contributed by atoms with Crippen molar-refractivity contribution in [2.75, 3.05) is 18.9 Å². The Labute approximate surface area is 146 Å². The summed E-state index contributed by atoms with van der Waals surface area (Å²) in [6, 6.07) is 13.4. The number of para-hydroxylation sites is 1. The molecule has 2 aromatic carbocycles. The first kappa shape index (κ1) is 18.4. The maximum Gasteiger partial charge on any atom is 0.293 e. The lowest BCUT2D eigenvalue weighted by Gasteiger charge is -2.18. The molecule has 0 fully saturated rings. The second kappa shape index (κ2) is 8.25. The highest BCUT2D eigenvalue weighted by atomic mass is 16.6. The van der Waals surface area contributed by atoms with Gasteiger partial charge in [-0.3, -0.25) is 14.9 Å². The third-order valence-electron chi connectivity index (χ3n) is 3.72. The Hall–Kier alpha value is -2.93. The Morgan fingerprint density at radius 2 is 1.96 bits per heavy atom. The van der Waals surface area contributed by atoms with E-state index in [4.69, 9.17) is 0 Å². The quantitative estimate of drug-likeness (QED) is 0.594. The van der Waals surface area contributed by atoms with Gasteiger partial charge in [-0.05, 0) is 37.6 Å². The van der Waals surface area contributed by atoms with Crippen molar-refractivity contribution in [2.45, 2.75) is 19.4 Å². The molecule has 0 aliphatic carbocycles. The lowest BCUT2D eigenvalue weighted by molar-refractivity contribution is -0.383. The molecule has 25 heavy (non-hydrogen) atoms. The van der Waals surface area contributed by atoms with Gasteiger partial charge in [0.15, 0.2) is 0 Å². The number of rotatable bonds is 7. The molecule has 1 atom stereocenters. The number of nitro groups is 1. The SMILES string of the molecule is CC(O)CCN(C)C(=O)c1ccc(Nc2ccccc2)c([N+](=O)[O-])c1. The summed E-state index contributed by atoms with van der Waals surface area (Å²) in [5.74, 6) is -0.324. The van der Waals surface area contributed by atoms with Crippen molar-refractivity contribution in [3.63, 3.8) is 0 Å². The van der Waals surface area contributed by atoms with Crippen molar-refractivity contribution in [1.29, 1.82) is 0 Å². The molecule has 0 aromatic heterocycles. The number of nitro benzene ring substituents is 1. The van der Waals surface area contributed by atoms with Gasteiger partial charge in [-0.1, -0.05) is 18.2 Å². The standard InChI is InChI=1S/C18H21N3O4/c1-13(22)10-11-20(2)18(23)14-8-9-16(17(12-14)21(24)25)19-15-6-4-3-5-7-15/h3-9,12-13,19,22H,10-11H2,1-2H3. The maximum absolute atomic E-state index is 12.4. The van der Waals surface area contributed by atoms with Crippen molar-refractivity contribution in [1.82, 2.24) is 4.90 Å². The van der Waals surface area contributed by atoms with Crippen LogP contribution in [0.4, 0.5) is 17.1 Å². The number of nitrogens with one attached hydrogen (secondary N) is 1. The van der Waals surface area contributed by atoms with Crippen LogP contribution in [0.3, 0.4) is 0 Å². The largest absolute Gasteiger partial charge is 0.393 e. The van der Waals surface area contributed by atoms with E-state index in [1.807, 2.05) is 18.2 Å². The Bertz CT molecular complexity index is 747. The summed E-state index contributed by atoms with van der Waals surface area (Å²) in [6.45, 7) is 2.02. The lowest BCUT2D eigenvalue weighted by atomic mass is 10.1. The van der Waals surface area contributed by atoms with E-state index in [1.165, 1.54) is 17.0 Å². The minimum Gasteiger partial charge on any atom is -0.393 e. The summed E-state index contributed by atoms with van der Waals surface area (Å²) in [5.41, 5.74) is 1.11. The summed E-state index contributed by atoms with van der Waals surface area (Å²) >= 11 is 0. The third-order valence-corrected chi connectivity index (χ3v) is 3.72. The normalized spacial score (nSPS) is 11.6. The zero-order chi connectivity index (χ0) is 18.4. The summed E-state index contributed by atoms with van der Waals surface area (Å²) in [4.78, 5) is 24.7. The van der Waals surface area contributed by atoms with E-state index in [1.54, 1.807) is 32.2 Å². The van der Waals surface area contributed by atoms with Gasteiger partial charge < -0.3 is 15.3 Å². The van der Waals surface area contributed by atoms with Gasteiger partial charge in [-0.25, -0.2) is 0 Å². The number of hydrogen-bond donors (Lipinski definition) is 2. The molecule has 0 aliphatic heterocycles. The van der Waals surface area contributed by atoms with Gasteiger partial charge in [0.2, 0.25) is 0 Å². The average Bonchev–Trinajstić information content (AvgIpc) is 2.60. The number of nitrogens with zero attached hydrogens (tertiary/aromatic N) is 2. The highest BCUT2D eigenvalue weighted by molar-refractivity contribution is 5.95. The van der Waals surface area contributed by atoms with Crippen LogP contribution in [0, 0.1) is 10.1 Å². The molecule has 132 valence electrons. The Balaban J connectivity index is 2.23. The van der Waals surface area contributed by atoms with Gasteiger partial charge >= 0.3 is 0 Å². The molecule has 0 bridgehead atoms. The van der Waals surface area contributed by atoms with Crippen molar-refractivity contribution in [2.24, 2.45) is 0 Å². The molecule has 0 saturated heterocycles. The van der Waals surface area contributed by atoms with Gasteiger partial charge in [0.1, 0.15) is 5.69 Å². The van der Waals surface area contributed by atoms with Crippen LogP contribution in [-0.2, 0) is 0 Å². The first-order valence-electron chi connectivity index (χ1n) is 7.92. The molecule has 2 rings (SSSR count). The number of aliphatic hydroxyl groups excluding tert-OH is 1. The number of anilines is 2. The van der Waals surface area contributed by atoms with Crippen molar-refractivity contribution in [3.8, 4) is 0 Å². The van der Waals surface area contributed by atoms with E-state index in [0.717, 1.165) is 5.69 Å². The van der Waals surface area contributed by atoms with Crippen LogP contribution in [0.15, 0.2) is 48.5 Å². The van der Waals surface area contributed by atoms with Crippen LogP contribution in [0.5, 0.6) is 0 Å². The molecule has 2 N–H and O–H groups in total. The number of amides is 1. The lowest BCUT2D eigenvalue weighted by Crippen LogP contribution is -2.29. The molecule has 7 heteroatoms. The van der Waals surface area contributed by atoms with Gasteiger partial charge in [-0.15, -0.1) is 0 Å². The smallest absolute Gasteiger partial charge is 0.293 e. The minimum absolute atomic E-state index is 0.168. The second-order valence-corrected chi connectivity index (χ2v) is 5.84. The fourth-order valence-corrected chi connectivity index (χ4v) is 2.30. The van der Waals surface area contributed by atoms with Gasteiger partial charge in [0.05, 0.1) is 11.0 Å². The Morgan fingerprint density at radius 1 is 1.28 bits per heavy atom. The molecule has 0 spiro atoms. The molecule has 1 unspecified atom stereocenters. The summed E-state index contributed by atoms with van der Waals surface area (Å²) in [6.07, 6.45) is -0.0696. The molecule has 0 saturated carbocycles. The first-order valence-corrected chi connectivity index (χ1v) is 7.92. The predicted octanol–water partition coefficient (Wildman–Crippen LogP) is 3.18. The molecule has 7 nitrogen and oxygen atoms in total. The van der Waals surface area contributed by atoms with Crippen LogP contribution in [0.2, 0.25) is 0 Å². The van der Waals surface area contributed by atoms with E-state index in [0.29, 0.717) is 18.7 Å². The summed E-state index contributed by atoms with van der Waals surface area (Å²) in [5, 5.41) is 23.7. The van der Waals surface area contributed by atoms with Crippen LogP contribution >= 0.6 is 0 Å². The first-order chi connectivity index (χ1) is 11.9. The van der Waals surface area contributed by atoms with Crippen LogP contribution < -0.4 is 5.32 Å². The van der Waals surface area contributed by atoms with E-state index >= 15 is 0 Å². The van der Waals surface area contributed by atoms with E-state index in [2.05, 4.69) is 5.32 Å². The fraction of sp³-hybridized carbons (Fsp3) is 0.278.